The Morgan fingerprint density at radius 1 is 1.31 bits per heavy atom. The Kier molecular flexibility index (Phi) is 1.92. The molecule has 1 aromatic heterocycles. The third-order valence-corrected chi connectivity index (χ3v) is 2.33. The molecule has 0 N–H and O–H groups in total. The molecule has 2 aromatic rings. The fraction of sp³-hybridized carbons (Fsp3) is 0. The van der Waals surface area contributed by atoms with Crippen LogP contribution in [-0.4, -0.2) is 0 Å². The third-order valence-electron chi connectivity index (χ3n) is 1.72. The lowest BCUT2D eigenvalue weighted by atomic mass is 10.2. The SMILES string of the molecule is O=c1ccoc2c(F)c(Br)ccc12. The minimum Gasteiger partial charge on any atom is -0.461 e. The van der Waals surface area contributed by atoms with Crippen LogP contribution in [0.5, 0.6) is 0 Å². The molecule has 0 amide bonds. The van der Waals surface area contributed by atoms with Gasteiger partial charge in [0.05, 0.1) is 16.1 Å². The zero-order valence-corrected chi connectivity index (χ0v) is 7.97. The summed E-state index contributed by atoms with van der Waals surface area (Å²) in [5, 5.41) is 0.253. The van der Waals surface area contributed by atoms with Gasteiger partial charge in [0.2, 0.25) is 0 Å². The first-order valence-corrected chi connectivity index (χ1v) is 4.35. The van der Waals surface area contributed by atoms with Crippen molar-refractivity contribution in [3.8, 4) is 0 Å². The minimum atomic E-state index is -0.546. The Labute approximate surface area is 81.1 Å². The molecule has 0 spiro atoms. The van der Waals surface area contributed by atoms with Crippen LogP contribution < -0.4 is 5.43 Å². The lowest BCUT2D eigenvalue weighted by Crippen LogP contribution is -1.99. The second-order valence-corrected chi connectivity index (χ2v) is 3.38. The van der Waals surface area contributed by atoms with Crippen LogP contribution in [0.4, 0.5) is 4.39 Å². The molecule has 2 nitrogen and oxygen atoms in total. The summed E-state index contributed by atoms with van der Waals surface area (Å²) in [6, 6.07) is 4.26. The van der Waals surface area contributed by atoms with Gasteiger partial charge in [-0.05, 0) is 28.1 Å². The number of rotatable bonds is 0. The highest BCUT2D eigenvalue weighted by Crippen LogP contribution is 2.22. The van der Waals surface area contributed by atoms with E-state index in [1.807, 2.05) is 0 Å². The Hall–Kier alpha value is -1.16. The predicted octanol–water partition coefficient (Wildman–Crippen LogP) is 2.69. The zero-order valence-electron chi connectivity index (χ0n) is 6.38. The maximum absolute atomic E-state index is 13.3. The van der Waals surface area contributed by atoms with E-state index in [0.717, 1.165) is 0 Å². The van der Waals surface area contributed by atoms with Crippen LogP contribution in [0.3, 0.4) is 0 Å². The van der Waals surface area contributed by atoms with Gasteiger partial charge in [-0.1, -0.05) is 0 Å². The van der Waals surface area contributed by atoms with E-state index >= 15 is 0 Å². The normalized spacial score (nSPS) is 10.6. The van der Waals surface area contributed by atoms with Crippen LogP contribution >= 0.6 is 15.9 Å². The highest BCUT2D eigenvalue weighted by Gasteiger charge is 2.08. The average Bonchev–Trinajstić information content (AvgIpc) is 2.12. The van der Waals surface area contributed by atoms with Crippen molar-refractivity contribution >= 4 is 26.9 Å². The van der Waals surface area contributed by atoms with Gasteiger partial charge in [0, 0.05) is 6.07 Å². The molecular formula is C9H4BrFO2. The van der Waals surface area contributed by atoms with Gasteiger partial charge in [-0.25, -0.2) is 4.39 Å². The van der Waals surface area contributed by atoms with Crippen molar-refractivity contribution in [3.05, 3.63) is 45.0 Å². The van der Waals surface area contributed by atoms with E-state index in [9.17, 15) is 9.18 Å². The number of hydrogen-bond donors (Lipinski definition) is 0. The van der Waals surface area contributed by atoms with Crippen molar-refractivity contribution in [2.75, 3.05) is 0 Å². The van der Waals surface area contributed by atoms with Gasteiger partial charge >= 0.3 is 0 Å². The summed E-state index contributed by atoms with van der Waals surface area (Å²) in [6.07, 6.45) is 1.18. The summed E-state index contributed by atoms with van der Waals surface area (Å²) in [7, 11) is 0. The highest BCUT2D eigenvalue weighted by atomic mass is 79.9. The smallest absolute Gasteiger partial charge is 0.192 e. The highest BCUT2D eigenvalue weighted by molar-refractivity contribution is 9.10. The van der Waals surface area contributed by atoms with Crippen LogP contribution in [0.1, 0.15) is 0 Å². The van der Waals surface area contributed by atoms with Gasteiger partial charge in [0.25, 0.3) is 0 Å². The summed E-state index contributed by atoms with van der Waals surface area (Å²) in [5.74, 6) is -0.546. The Balaban J connectivity index is 3.03. The largest absolute Gasteiger partial charge is 0.461 e. The maximum Gasteiger partial charge on any atom is 0.192 e. The van der Waals surface area contributed by atoms with Crippen molar-refractivity contribution in [2.24, 2.45) is 0 Å². The molecule has 13 heavy (non-hydrogen) atoms. The van der Waals surface area contributed by atoms with Gasteiger partial charge in [0.1, 0.15) is 0 Å². The van der Waals surface area contributed by atoms with E-state index in [4.69, 9.17) is 4.42 Å². The molecule has 0 aliphatic heterocycles. The molecule has 4 heteroatoms. The van der Waals surface area contributed by atoms with E-state index in [0.29, 0.717) is 0 Å². The van der Waals surface area contributed by atoms with Gasteiger partial charge in [-0.3, -0.25) is 4.79 Å². The van der Waals surface area contributed by atoms with Gasteiger partial charge in [0.15, 0.2) is 16.8 Å². The molecular weight excluding hydrogens is 239 g/mol. The monoisotopic (exact) mass is 242 g/mol. The standard InChI is InChI=1S/C9H4BrFO2/c10-6-2-1-5-7(12)3-4-13-9(5)8(6)11/h1-4H. The zero-order chi connectivity index (χ0) is 9.42. The number of benzene rings is 1. The Morgan fingerprint density at radius 2 is 2.08 bits per heavy atom. The first kappa shape index (κ1) is 8.44. The summed E-state index contributed by atoms with van der Waals surface area (Å²) in [6.45, 7) is 0. The number of fused-ring (bicyclic) bond motifs is 1. The Morgan fingerprint density at radius 3 is 2.85 bits per heavy atom. The van der Waals surface area contributed by atoms with E-state index in [1.54, 1.807) is 0 Å². The molecule has 0 radical (unpaired) electrons. The summed E-state index contributed by atoms with van der Waals surface area (Å²) < 4.78 is 18.5. The van der Waals surface area contributed by atoms with E-state index < -0.39 is 5.82 Å². The molecule has 0 saturated carbocycles. The number of hydrogen-bond acceptors (Lipinski definition) is 2. The Bertz CT molecular complexity index is 518. The topological polar surface area (TPSA) is 30.2 Å². The third kappa shape index (κ3) is 1.27. The van der Waals surface area contributed by atoms with Crippen LogP contribution in [0.15, 0.2) is 38.1 Å². The summed E-state index contributed by atoms with van der Waals surface area (Å²) in [5.41, 5.74) is -0.255. The van der Waals surface area contributed by atoms with Crippen molar-refractivity contribution in [1.29, 1.82) is 0 Å². The quantitative estimate of drug-likeness (QED) is 0.712. The second-order valence-electron chi connectivity index (χ2n) is 2.52. The average molecular weight is 243 g/mol. The van der Waals surface area contributed by atoms with E-state index in [-0.39, 0.29) is 20.9 Å². The summed E-state index contributed by atoms with van der Waals surface area (Å²) >= 11 is 3.00. The van der Waals surface area contributed by atoms with Crippen LogP contribution in [0.25, 0.3) is 11.0 Å². The first-order chi connectivity index (χ1) is 6.20. The maximum atomic E-state index is 13.3. The lowest BCUT2D eigenvalue weighted by Gasteiger charge is -1.98. The lowest BCUT2D eigenvalue weighted by molar-refractivity contribution is 0.547. The fourth-order valence-electron chi connectivity index (χ4n) is 1.09. The van der Waals surface area contributed by atoms with Gasteiger partial charge in [-0.2, -0.15) is 0 Å². The van der Waals surface area contributed by atoms with Crippen molar-refractivity contribution < 1.29 is 8.81 Å². The van der Waals surface area contributed by atoms with Gasteiger partial charge < -0.3 is 4.42 Å². The summed E-state index contributed by atoms with van der Waals surface area (Å²) in [4.78, 5) is 11.2. The van der Waals surface area contributed by atoms with Crippen LogP contribution in [-0.2, 0) is 0 Å². The molecule has 2 rings (SSSR count). The molecule has 0 saturated heterocycles. The number of halogens is 2. The molecule has 1 heterocycles. The van der Waals surface area contributed by atoms with E-state index in [1.165, 1.54) is 24.5 Å². The van der Waals surface area contributed by atoms with Crippen molar-refractivity contribution in [2.45, 2.75) is 0 Å². The van der Waals surface area contributed by atoms with Crippen LogP contribution in [0.2, 0.25) is 0 Å². The van der Waals surface area contributed by atoms with Crippen molar-refractivity contribution in [3.63, 3.8) is 0 Å². The molecule has 0 aliphatic carbocycles. The molecule has 0 unspecified atom stereocenters. The van der Waals surface area contributed by atoms with E-state index in [2.05, 4.69) is 15.9 Å². The predicted molar refractivity (Wildman–Crippen MR) is 50.1 cm³/mol. The van der Waals surface area contributed by atoms with Gasteiger partial charge in [-0.15, -0.1) is 0 Å². The molecule has 0 aliphatic rings. The molecule has 0 atom stereocenters. The second kappa shape index (κ2) is 2.96. The fourth-order valence-corrected chi connectivity index (χ4v) is 1.41. The van der Waals surface area contributed by atoms with Crippen LogP contribution in [0, 0.1) is 5.82 Å². The molecule has 66 valence electrons. The molecule has 0 bridgehead atoms. The van der Waals surface area contributed by atoms with Crippen molar-refractivity contribution in [1.82, 2.24) is 0 Å². The molecule has 1 aromatic carbocycles. The minimum absolute atomic E-state index is 0.0122. The molecule has 0 fully saturated rings. The first-order valence-electron chi connectivity index (χ1n) is 3.55.